The van der Waals surface area contributed by atoms with E-state index in [1.54, 1.807) is 0 Å². The molecular weight excluding hydrogens is 287 g/mol. The molecule has 0 aliphatic rings. The number of carbonyl (C=O) groups is 1. The van der Waals surface area contributed by atoms with Gasteiger partial charge < -0.3 is 10.1 Å². The number of amides is 1. The van der Waals surface area contributed by atoms with Crippen molar-refractivity contribution >= 4 is 5.91 Å². The van der Waals surface area contributed by atoms with Crippen LogP contribution in [0.4, 0.5) is 13.2 Å². The predicted octanol–water partition coefficient (Wildman–Crippen LogP) is 2.38. The van der Waals surface area contributed by atoms with Crippen LogP contribution in [0.2, 0.25) is 0 Å². The minimum absolute atomic E-state index is 0.261. The van der Waals surface area contributed by atoms with E-state index in [0.29, 0.717) is 19.6 Å². The third-order valence-electron chi connectivity index (χ3n) is 2.74. The van der Waals surface area contributed by atoms with Gasteiger partial charge in [-0.2, -0.15) is 18.3 Å². The Morgan fingerprint density at radius 1 is 1.38 bits per heavy atom. The number of unbranched alkanes of at least 4 members (excludes halogenated alkanes) is 1. The van der Waals surface area contributed by atoms with Crippen LogP contribution < -0.4 is 5.32 Å². The Bertz CT molecular complexity index is 458. The molecule has 0 saturated carbocycles. The second-order valence-electron chi connectivity index (χ2n) is 4.64. The summed E-state index contributed by atoms with van der Waals surface area (Å²) < 4.78 is 44.4. The first-order chi connectivity index (χ1) is 9.86. The molecule has 0 spiro atoms. The number of halogens is 3. The van der Waals surface area contributed by atoms with Gasteiger partial charge in [-0.3, -0.25) is 9.48 Å². The number of rotatable bonds is 8. The topological polar surface area (TPSA) is 56.1 Å². The second-order valence-corrected chi connectivity index (χ2v) is 4.64. The van der Waals surface area contributed by atoms with Crippen LogP contribution in [0.25, 0.3) is 0 Å². The van der Waals surface area contributed by atoms with Gasteiger partial charge in [0.25, 0.3) is 5.91 Å². The van der Waals surface area contributed by atoms with E-state index in [1.807, 2.05) is 0 Å². The smallest absolute Gasteiger partial charge is 0.381 e. The average molecular weight is 307 g/mol. The zero-order chi connectivity index (χ0) is 15.9. The number of ether oxygens (including phenoxy) is 1. The largest absolute Gasteiger partial charge is 0.435 e. The molecule has 0 aromatic carbocycles. The fourth-order valence-electron chi connectivity index (χ4n) is 1.68. The lowest BCUT2D eigenvalue weighted by molar-refractivity contribution is -0.141. The summed E-state index contributed by atoms with van der Waals surface area (Å²) in [6.07, 6.45) is -1.01. The Morgan fingerprint density at radius 2 is 2.05 bits per heavy atom. The first-order valence-corrected chi connectivity index (χ1v) is 6.83. The van der Waals surface area contributed by atoms with Crippen LogP contribution in [-0.4, -0.2) is 35.4 Å². The highest BCUT2D eigenvalue weighted by molar-refractivity contribution is 5.95. The standard InChI is InChI=1S/C13H20F3N3O2/c1-3-4-7-21-8-5-6-17-12(20)10-9-19(2)18-11(10)13(14,15)16/h9H,3-8H2,1-2H3,(H,17,20). The van der Waals surface area contributed by atoms with Crippen molar-refractivity contribution in [3.05, 3.63) is 17.5 Å². The molecule has 120 valence electrons. The third kappa shape index (κ3) is 5.74. The molecule has 1 aromatic heterocycles. The van der Waals surface area contributed by atoms with Gasteiger partial charge in [0.05, 0.1) is 5.56 Å². The van der Waals surface area contributed by atoms with Gasteiger partial charge in [-0.1, -0.05) is 13.3 Å². The van der Waals surface area contributed by atoms with Crippen LogP contribution in [0.1, 0.15) is 42.2 Å². The highest BCUT2D eigenvalue weighted by Crippen LogP contribution is 2.30. The Kier molecular flexibility index (Phi) is 6.67. The Morgan fingerprint density at radius 3 is 2.67 bits per heavy atom. The van der Waals surface area contributed by atoms with E-state index >= 15 is 0 Å². The van der Waals surface area contributed by atoms with Crippen molar-refractivity contribution in [2.24, 2.45) is 7.05 Å². The minimum Gasteiger partial charge on any atom is -0.381 e. The first-order valence-electron chi connectivity index (χ1n) is 6.83. The summed E-state index contributed by atoms with van der Waals surface area (Å²) in [6.45, 7) is 3.44. The molecule has 1 aromatic rings. The molecule has 0 unspecified atom stereocenters. The van der Waals surface area contributed by atoms with Crippen molar-refractivity contribution in [3.8, 4) is 0 Å². The fraction of sp³-hybridized carbons (Fsp3) is 0.692. The van der Waals surface area contributed by atoms with Gasteiger partial charge in [0.15, 0.2) is 5.69 Å². The van der Waals surface area contributed by atoms with Crippen LogP contribution >= 0.6 is 0 Å². The predicted molar refractivity (Wildman–Crippen MR) is 70.9 cm³/mol. The summed E-state index contributed by atoms with van der Waals surface area (Å²) in [6, 6.07) is 0. The zero-order valence-corrected chi connectivity index (χ0v) is 12.2. The second kappa shape index (κ2) is 8.02. The highest BCUT2D eigenvalue weighted by Gasteiger charge is 2.38. The summed E-state index contributed by atoms with van der Waals surface area (Å²) in [5.74, 6) is -0.774. The van der Waals surface area contributed by atoms with E-state index in [1.165, 1.54) is 7.05 Å². The molecule has 5 nitrogen and oxygen atoms in total. The molecule has 0 aliphatic carbocycles. The molecule has 1 amide bonds. The molecule has 1 N–H and O–H groups in total. The first kappa shape index (κ1) is 17.5. The normalized spacial score (nSPS) is 11.7. The molecule has 21 heavy (non-hydrogen) atoms. The van der Waals surface area contributed by atoms with Crippen LogP contribution in [0.5, 0.6) is 0 Å². The third-order valence-corrected chi connectivity index (χ3v) is 2.74. The lowest BCUT2D eigenvalue weighted by Crippen LogP contribution is -2.27. The van der Waals surface area contributed by atoms with Crippen molar-refractivity contribution < 1.29 is 22.7 Å². The van der Waals surface area contributed by atoms with E-state index in [-0.39, 0.29) is 6.54 Å². The fourth-order valence-corrected chi connectivity index (χ4v) is 1.68. The van der Waals surface area contributed by atoms with Gasteiger partial charge in [0.1, 0.15) is 0 Å². The molecular formula is C13H20F3N3O2. The summed E-state index contributed by atoms with van der Waals surface area (Å²) in [5.41, 5.74) is -1.63. The summed E-state index contributed by atoms with van der Waals surface area (Å²) in [4.78, 5) is 11.8. The quantitative estimate of drug-likeness (QED) is 0.750. The molecule has 1 heterocycles. The summed E-state index contributed by atoms with van der Waals surface area (Å²) in [7, 11) is 1.34. The van der Waals surface area contributed by atoms with E-state index in [4.69, 9.17) is 4.74 Å². The molecule has 0 aliphatic heterocycles. The van der Waals surface area contributed by atoms with Gasteiger partial charge in [-0.15, -0.1) is 0 Å². The van der Waals surface area contributed by atoms with E-state index in [2.05, 4.69) is 17.3 Å². The van der Waals surface area contributed by atoms with Crippen LogP contribution in [0.15, 0.2) is 6.20 Å². The van der Waals surface area contributed by atoms with E-state index in [9.17, 15) is 18.0 Å². The van der Waals surface area contributed by atoms with Crippen molar-refractivity contribution in [2.45, 2.75) is 32.4 Å². The SMILES string of the molecule is CCCCOCCCNC(=O)c1cn(C)nc1C(F)(F)F. The van der Waals surface area contributed by atoms with Crippen molar-refractivity contribution in [2.75, 3.05) is 19.8 Å². The van der Waals surface area contributed by atoms with Crippen LogP contribution in [0.3, 0.4) is 0 Å². The zero-order valence-electron chi connectivity index (χ0n) is 12.2. The number of alkyl halides is 3. The minimum atomic E-state index is -4.64. The molecule has 0 radical (unpaired) electrons. The van der Waals surface area contributed by atoms with Gasteiger partial charge >= 0.3 is 6.18 Å². The lowest BCUT2D eigenvalue weighted by atomic mass is 10.2. The van der Waals surface area contributed by atoms with Crippen LogP contribution in [-0.2, 0) is 18.0 Å². The number of nitrogens with zero attached hydrogens (tertiary/aromatic N) is 2. The number of carbonyl (C=O) groups excluding carboxylic acids is 1. The van der Waals surface area contributed by atoms with E-state index in [0.717, 1.165) is 23.7 Å². The number of nitrogens with one attached hydrogen (secondary N) is 1. The Balaban J connectivity index is 2.42. The van der Waals surface area contributed by atoms with Gasteiger partial charge in [-0.25, -0.2) is 0 Å². The molecule has 0 saturated heterocycles. The van der Waals surface area contributed by atoms with E-state index < -0.39 is 23.3 Å². The maximum atomic E-state index is 12.7. The maximum absolute atomic E-state index is 12.7. The monoisotopic (exact) mass is 307 g/mol. The Labute approximate surface area is 121 Å². The van der Waals surface area contributed by atoms with Crippen molar-refractivity contribution in [1.29, 1.82) is 0 Å². The number of aromatic nitrogens is 2. The average Bonchev–Trinajstić information content (AvgIpc) is 2.80. The maximum Gasteiger partial charge on any atom is 0.435 e. The van der Waals surface area contributed by atoms with Crippen molar-refractivity contribution in [3.63, 3.8) is 0 Å². The molecule has 8 heteroatoms. The van der Waals surface area contributed by atoms with Gasteiger partial charge in [0, 0.05) is 33.0 Å². The number of aryl methyl sites for hydroxylation is 1. The highest BCUT2D eigenvalue weighted by atomic mass is 19.4. The Hall–Kier alpha value is -1.57. The molecule has 0 atom stereocenters. The number of hydrogen-bond acceptors (Lipinski definition) is 3. The van der Waals surface area contributed by atoms with Crippen LogP contribution in [0, 0.1) is 0 Å². The molecule has 0 fully saturated rings. The molecule has 1 rings (SSSR count). The molecule has 0 bridgehead atoms. The van der Waals surface area contributed by atoms with Crippen molar-refractivity contribution in [1.82, 2.24) is 15.1 Å². The summed E-state index contributed by atoms with van der Waals surface area (Å²) >= 11 is 0. The van der Waals surface area contributed by atoms with Gasteiger partial charge in [-0.05, 0) is 12.8 Å². The summed E-state index contributed by atoms with van der Waals surface area (Å²) in [5, 5.41) is 5.73. The lowest BCUT2D eigenvalue weighted by Gasteiger charge is -2.07. The van der Waals surface area contributed by atoms with Gasteiger partial charge in [0.2, 0.25) is 0 Å². The number of hydrogen-bond donors (Lipinski definition) is 1.